The van der Waals surface area contributed by atoms with Gasteiger partial charge in [0.05, 0.1) is 19.8 Å². The number of esters is 1. The number of unbranched alkanes of at least 4 members (excludes halogenated alkanes) is 1. The number of nitrogen functional groups attached to an aromatic ring is 1. The molecule has 0 unspecified atom stereocenters. The average Bonchev–Trinajstić information content (AvgIpc) is 2.83. The minimum Gasteiger partial charge on any atom is -0.462 e. The van der Waals surface area contributed by atoms with E-state index in [0.29, 0.717) is 37.0 Å². The zero-order chi connectivity index (χ0) is 15.5. The largest absolute Gasteiger partial charge is 0.462 e. The summed E-state index contributed by atoms with van der Waals surface area (Å²) in [4.78, 5) is 11.8. The average molecular weight is 317 g/mol. The van der Waals surface area contributed by atoms with E-state index < -0.39 is 5.97 Å². The zero-order valence-electron chi connectivity index (χ0n) is 12.5. The Morgan fingerprint density at radius 1 is 1.33 bits per heavy atom. The number of rotatable bonds is 11. The normalized spacial score (nSPS) is 10.6. The molecule has 0 radical (unpaired) electrons. The molecule has 120 valence electrons. The van der Waals surface area contributed by atoms with E-state index in [4.69, 9.17) is 19.9 Å². The van der Waals surface area contributed by atoms with Gasteiger partial charge < -0.3 is 25.3 Å². The van der Waals surface area contributed by atoms with E-state index in [2.05, 4.69) is 9.69 Å². The summed E-state index contributed by atoms with van der Waals surface area (Å²) in [6.45, 7) is 4.71. The highest BCUT2D eigenvalue weighted by Gasteiger charge is 2.19. The summed E-state index contributed by atoms with van der Waals surface area (Å²) >= 11 is 1.17. The first kappa shape index (κ1) is 17.7. The summed E-state index contributed by atoms with van der Waals surface area (Å²) < 4.78 is 19.2. The van der Waals surface area contributed by atoms with Crippen molar-refractivity contribution >= 4 is 28.3 Å². The predicted octanol–water partition coefficient (Wildman–Crippen LogP) is 1.76. The van der Waals surface area contributed by atoms with Crippen LogP contribution in [0.2, 0.25) is 0 Å². The van der Waals surface area contributed by atoms with E-state index in [1.54, 1.807) is 14.0 Å². The van der Waals surface area contributed by atoms with Gasteiger partial charge in [-0.3, -0.25) is 0 Å². The maximum Gasteiger partial charge on any atom is 0.344 e. The van der Waals surface area contributed by atoms with E-state index in [0.717, 1.165) is 19.4 Å². The zero-order valence-corrected chi connectivity index (χ0v) is 13.3. The number of carbonyl (C=O) groups is 1. The van der Waals surface area contributed by atoms with Crippen LogP contribution in [0.3, 0.4) is 0 Å². The molecule has 1 heterocycles. The lowest BCUT2D eigenvalue weighted by Crippen LogP contribution is -2.11. The van der Waals surface area contributed by atoms with Crippen LogP contribution in [-0.2, 0) is 14.2 Å². The van der Waals surface area contributed by atoms with Gasteiger partial charge in [-0.05, 0) is 31.3 Å². The molecule has 1 aromatic rings. The first-order chi connectivity index (χ1) is 10.2. The minimum atomic E-state index is -0.436. The van der Waals surface area contributed by atoms with Gasteiger partial charge in [-0.25, -0.2) is 4.79 Å². The minimum absolute atomic E-state index is 0.212. The number of ether oxygens (including phenoxy) is 3. The molecule has 0 aliphatic carbocycles. The van der Waals surface area contributed by atoms with Gasteiger partial charge in [0.15, 0.2) is 5.82 Å². The lowest BCUT2D eigenvalue weighted by Gasteiger charge is -2.07. The lowest BCUT2D eigenvalue weighted by atomic mass is 10.3. The molecule has 0 saturated carbocycles. The van der Waals surface area contributed by atoms with Gasteiger partial charge in [0, 0.05) is 20.3 Å². The van der Waals surface area contributed by atoms with Crippen molar-refractivity contribution in [2.45, 2.75) is 19.8 Å². The predicted molar refractivity (Wildman–Crippen MR) is 82.9 cm³/mol. The number of anilines is 2. The molecule has 0 aliphatic rings. The first-order valence-corrected chi connectivity index (χ1v) is 7.70. The number of nitrogens with zero attached hydrogens (tertiary/aromatic N) is 1. The van der Waals surface area contributed by atoms with Crippen LogP contribution < -0.4 is 11.1 Å². The highest BCUT2D eigenvalue weighted by molar-refractivity contribution is 7.11. The second kappa shape index (κ2) is 10.4. The van der Waals surface area contributed by atoms with Crippen molar-refractivity contribution in [2.24, 2.45) is 0 Å². The van der Waals surface area contributed by atoms with Gasteiger partial charge in [-0.1, -0.05) is 0 Å². The van der Waals surface area contributed by atoms with Gasteiger partial charge in [-0.2, -0.15) is 4.37 Å². The molecule has 8 heteroatoms. The van der Waals surface area contributed by atoms with Gasteiger partial charge in [0.25, 0.3) is 0 Å². The Morgan fingerprint density at radius 3 is 2.86 bits per heavy atom. The van der Waals surface area contributed by atoms with Crippen molar-refractivity contribution in [3.8, 4) is 0 Å². The molecule has 7 nitrogen and oxygen atoms in total. The lowest BCUT2D eigenvalue weighted by molar-refractivity contribution is 0.0529. The van der Waals surface area contributed by atoms with Crippen molar-refractivity contribution in [1.29, 1.82) is 0 Å². The Labute approximate surface area is 128 Å². The Kier molecular flexibility index (Phi) is 8.72. The molecule has 0 aliphatic heterocycles. The Bertz CT molecular complexity index is 426. The van der Waals surface area contributed by atoms with Crippen LogP contribution in [0.5, 0.6) is 0 Å². The molecular weight excluding hydrogens is 294 g/mol. The second-order valence-corrected chi connectivity index (χ2v) is 5.00. The number of nitrogens with two attached hydrogens (primary N) is 1. The van der Waals surface area contributed by atoms with Gasteiger partial charge in [0.2, 0.25) is 0 Å². The number of methoxy groups -OCH3 is 1. The SMILES string of the molecule is CCOC(=O)c1c(N)nsc1NCCCCOCCOC. The topological polar surface area (TPSA) is 95.7 Å². The maximum absolute atomic E-state index is 11.8. The summed E-state index contributed by atoms with van der Waals surface area (Å²) in [6.07, 6.45) is 1.85. The third kappa shape index (κ3) is 6.28. The van der Waals surface area contributed by atoms with E-state index in [1.165, 1.54) is 11.5 Å². The van der Waals surface area contributed by atoms with E-state index in [9.17, 15) is 4.79 Å². The molecule has 0 atom stereocenters. The first-order valence-electron chi connectivity index (χ1n) is 6.93. The van der Waals surface area contributed by atoms with Crippen LogP contribution in [0, 0.1) is 0 Å². The quantitative estimate of drug-likeness (QED) is 0.474. The van der Waals surface area contributed by atoms with Crippen LogP contribution >= 0.6 is 11.5 Å². The smallest absolute Gasteiger partial charge is 0.344 e. The Morgan fingerprint density at radius 2 is 2.14 bits per heavy atom. The van der Waals surface area contributed by atoms with E-state index >= 15 is 0 Å². The second-order valence-electron chi connectivity index (χ2n) is 4.23. The molecule has 1 aromatic heterocycles. The summed E-state index contributed by atoms with van der Waals surface area (Å²) in [6, 6.07) is 0. The highest BCUT2D eigenvalue weighted by atomic mass is 32.1. The standard InChI is InChI=1S/C13H23N3O4S/c1-3-20-13(17)10-11(14)16-21-12(10)15-6-4-5-7-19-9-8-18-2/h15H,3-9H2,1-2H3,(H2,14,16). The molecule has 0 bridgehead atoms. The molecule has 0 aromatic carbocycles. The third-order valence-electron chi connectivity index (χ3n) is 2.63. The maximum atomic E-state index is 11.8. The molecule has 0 fully saturated rings. The molecule has 0 saturated heterocycles. The molecule has 3 N–H and O–H groups in total. The van der Waals surface area contributed by atoms with Gasteiger partial charge in [-0.15, -0.1) is 0 Å². The fourth-order valence-corrected chi connectivity index (χ4v) is 2.33. The Hall–Kier alpha value is -1.38. The van der Waals surface area contributed by atoms with Crippen LogP contribution in [0.15, 0.2) is 0 Å². The molecular formula is C13H23N3O4S. The number of hydrogen-bond donors (Lipinski definition) is 2. The summed E-state index contributed by atoms with van der Waals surface area (Å²) in [5.74, 6) is -0.224. The fraction of sp³-hybridized carbons (Fsp3) is 0.692. The number of hydrogen-bond acceptors (Lipinski definition) is 8. The summed E-state index contributed by atoms with van der Waals surface area (Å²) in [5.41, 5.74) is 6.03. The highest BCUT2D eigenvalue weighted by Crippen LogP contribution is 2.27. The number of nitrogens with one attached hydrogen (secondary N) is 1. The van der Waals surface area contributed by atoms with Crippen molar-refractivity contribution in [3.05, 3.63) is 5.56 Å². The van der Waals surface area contributed by atoms with Crippen LogP contribution in [-0.4, -0.2) is 50.4 Å². The fourth-order valence-electron chi connectivity index (χ4n) is 1.60. The van der Waals surface area contributed by atoms with Gasteiger partial charge >= 0.3 is 5.97 Å². The van der Waals surface area contributed by atoms with Crippen molar-refractivity contribution in [2.75, 3.05) is 51.1 Å². The van der Waals surface area contributed by atoms with E-state index in [-0.39, 0.29) is 5.82 Å². The molecule has 0 spiro atoms. The van der Waals surface area contributed by atoms with Crippen molar-refractivity contribution in [3.63, 3.8) is 0 Å². The Balaban J connectivity index is 2.28. The number of carbonyl (C=O) groups excluding carboxylic acids is 1. The van der Waals surface area contributed by atoms with Gasteiger partial charge in [0.1, 0.15) is 10.6 Å². The molecule has 0 amide bonds. The number of aromatic nitrogens is 1. The van der Waals surface area contributed by atoms with Crippen LogP contribution in [0.4, 0.5) is 10.8 Å². The molecule has 21 heavy (non-hydrogen) atoms. The van der Waals surface area contributed by atoms with Crippen molar-refractivity contribution in [1.82, 2.24) is 4.37 Å². The van der Waals surface area contributed by atoms with E-state index in [1.807, 2.05) is 0 Å². The summed E-state index contributed by atoms with van der Waals surface area (Å²) in [5, 5.41) is 3.83. The third-order valence-corrected chi connectivity index (χ3v) is 3.45. The monoisotopic (exact) mass is 317 g/mol. The van der Waals surface area contributed by atoms with Crippen LogP contribution in [0.1, 0.15) is 30.1 Å². The summed E-state index contributed by atoms with van der Waals surface area (Å²) in [7, 11) is 1.65. The van der Waals surface area contributed by atoms with Crippen LogP contribution in [0.25, 0.3) is 0 Å². The molecule has 1 rings (SSSR count). The van der Waals surface area contributed by atoms with Crippen molar-refractivity contribution < 1.29 is 19.0 Å².